The molecule has 1 amide bonds. The van der Waals surface area contributed by atoms with Crippen LogP contribution in [0.2, 0.25) is 0 Å². The number of methoxy groups -OCH3 is 1. The van der Waals surface area contributed by atoms with E-state index in [4.69, 9.17) is 10.00 Å². The first-order chi connectivity index (χ1) is 10.1. The standard InChI is InChI=1S/C13H11N3O3.C2H6/c1-7(17)16-11-3-9-10(4-12(11)19-2)15-6-8(5-14)13(9)18;1-2/h3-4,6H,1-2H3,(H,15,18)(H,16,17);1-2H3. The Morgan fingerprint density at radius 2 is 2.05 bits per heavy atom. The van der Waals surface area contributed by atoms with E-state index in [1.54, 1.807) is 6.07 Å². The average molecular weight is 287 g/mol. The van der Waals surface area contributed by atoms with Crippen molar-refractivity contribution in [2.75, 3.05) is 12.4 Å². The smallest absolute Gasteiger partial charge is 0.221 e. The summed E-state index contributed by atoms with van der Waals surface area (Å²) in [7, 11) is 1.47. The number of anilines is 1. The first-order valence-corrected chi connectivity index (χ1v) is 6.48. The van der Waals surface area contributed by atoms with E-state index in [0.29, 0.717) is 22.3 Å². The minimum Gasteiger partial charge on any atom is -0.494 e. The van der Waals surface area contributed by atoms with E-state index in [0.717, 1.165) is 0 Å². The van der Waals surface area contributed by atoms with Crippen LogP contribution in [0.3, 0.4) is 0 Å². The van der Waals surface area contributed by atoms with Gasteiger partial charge in [0.25, 0.3) is 0 Å². The fourth-order valence-corrected chi connectivity index (χ4v) is 1.79. The molecule has 0 aliphatic carbocycles. The molecular formula is C15H17N3O3. The van der Waals surface area contributed by atoms with Gasteiger partial charge < -0.3 is 15.0 Å². The second-order valence-electron chi connectivity index (χ2n) is 3.92. The van der Waals surface area contributed by atoms with Crippen LogP contribution in [0.1, 0.15) is 26.3 Å². The molecule has 2 N–H and O–H groups in total. The number of hydrogen-bond donors (Lipinski definition) is 2. The Bertz CT molecular complexity index is 757. The molecule has 0 saturated heterocycles. The summed E-state index contributed by atoms with van der Waals surface area (Å²) in [4.78, 5) is 26.0. The van der Waals surface area contributed by atoms with Gasteiger partial charge in [-0.15, -0.1) is 0 Å². The maximum absolute atomic E-state index is 12.0. The second kappa shape index (κ2) is 7.10. The number of rotatable bonds is 2. The van der Waals surface area contributed by atoms with Crippen molar-refractivity contribution in [3.8, 4) is 11.8 Å². The Morgan fingerprint density at radius 1 is 1.38 bits per heavy atom. The van der Waals surface area contributed by atoms with Crippen LogP contribution < -0.4 is 15.5 Å². The number of benzene rings is 1. The molecule has 0 radical (unpaired) electrons. The molecule has 0 fully saturated rings. The summed E-state index contributed by atoms with van der Waals surface area (Å²) in [6.07, 6.45) is 1.35. The molecule has 1 heterocycles. The Kier molecular flexibility index (Phi) is 5.49. The summed E-state index contributed by atoms with van der Waals surface area (Å²) < 4.78 is 5.15. The maximum atomic E-state index is 12.0. The van der Waals surface area contributed by atoms with Crippen LogP contribution in [0.15, 0.2) is 23.1 Å². The Morgan fingerprint density at radius 3 is 2.57 bits per heavy atom. The van der Waals surface area contributed by atoms with Gasteiger partial charge in [-0.25, -0.2) is 0 Å². The SMILES string of the molecule is CC.COc1cc2[nH]cc(C#N)c(=O)c2cc1NC(C)=O. The molecule has 21 heavy (non-hydrogen) atoms. The molecule has 0 aliphatic heterocycles. The van der Waals surface area contributed by atoms with Crippen LogP contribution in [0.5, 0.6) is 5.75 Å². The van der Waals surface area contributed by atoms with Crippen molar-refractivity contribution in [2.45, 2.75) is 20.8 Å². The number of nitrogens with one attached hydrogen (secondary N) is 2. The van der Waals surface area contributed by atoms with Gasteiger partial charge in [0.1, 0.15) is 17.4 Å². The lowest BCUT2D eigenvalue weighted by Gasteiger charge is -2.10. The molecule has 0 aliphatic rings. The topological polar surface area (TPSA) is 95.0 Å². The summed E-state index contributed by atoms with van der Waals surface area (Å²) in [6.45, 7) is 5.36. The quantitative estimate of drug-likeness (QED) is 0.886. The molecule has 6 heteroatoms. The number of H-pyrrole nitrogens is 1. The second-order valence-corrected chi connectivity index (χ2v) is 3.92. The first-order valence-electron chi connectivity index (χ1n) is 6.48. The first kappa shape index (κ1) is 16.2. The van der Waals surface area contributed by atoms with Crippen LogP contribution in [0, 0.1) is 11.3 Å². The van der Waals surface area contributed by atoms with Crippen molar-refractivity contribution in [3.05, 3.63) is 34.1 Å². The third-order valence-corrected chi connectivity index (χ3v) is 2.63. The van der Waals surface area contributed by atoms with Gasteiger partial charge in [-0.05, 0) is 6.07 Å². The minimum absolute atomic E-state index is 0.0199. The van der Waals surface area contributed by atoms with Gasteiger partial charge in [-0.2, -0.15) is 5.26 Å². The van der Waals surface area contributed by atoms with E-state index in [1.807, 2.05) is 19.9 Å². The Balaban J connectivity index is 0.00000106. The van der Waals surface area contributed by atoms with E-state index in [-0.39, 0.29) is 16.9 Å². The number of amides is 1. The third-order valence-electron chi connectivity index (χ3n) is 2.63. The third kappa shape index (κ3) is 3.39. The summed E-state index contributed by atoms with van der Waals surface area (Å²) in [6, 6.07) is 4.91. The number of carbonyl (C=O) groups excluding carboxylic acids is 1. The minimum atomic E-state index is -0.384. The van der Waals surface area contributed by atoms with E-state index in [2.05, 4.69) is 10.3 Å². The molecule has 0 atom stereocenters. The molecule has 6 nitrogen and oxygen atoms in total. The van der Waals surface area contributed by atoms with E-state index < -0.39 is 0 Å². The van der Waals surface area contributed by atoms with Crippen molar-refractivity contribution >= 4 is 22.5 Å². The lowest BCUT2D eigenvalue weighted by molar-refractivity contribution is -0.114. The van der Waals surface area contributed by atoms with Crippen LogP contribution >= 0.6 is 0 Å². The highest BCUT2D eigenvalue weighted by Gasteiger charge is 2.11. The molecule has 110 valence electrons. The van der Waals surface area contributed by atoms with Crippen LogP contribution in [-0.2, 0) is 4.79 Å². The number of hydrogen-bond acceptors (Lipinski definition) is 4. The van der Waals surface area contributed by atoms with Crippen molar-refractivity contribution in [3.63, 3.8) is 0 Å². The molecule has 1 aromatic heterocycles. The van der Waals surface area contributed by atoms with Gasteiger partial charge >= 0.3 is 0 Å². The summed E-state index contributed by atoms with van der Waals surface area (Å²) in [5, 5.41) is 11.7. The number of nitrogens with zero attached hydrogens (tertiary/aromatic N) is 1. The molecule has 2 rings (SSSR count). The highest BCUT2D eigenvalue weighted by atomic mass is 16.5. The summed E-state index contributed by atoms with van der Waals surface area (Å²) in [5.41, 5.74) is 0.565. The van der Waals surface area contributed by atoms with Crippen molar-refractivity contribution in [2.24, 2.45) is 0 Å². The molecule has 0 spiro atoms. The molecular weight excluding hydrogens is 270 g/mol. The predicted octanol–water partition coefficient (Wildman–Crippen LogP) is 2.39. The molecule has 1 aromatic carbocycles. The number of ether oxygens (including phenoxy) is 1. The average Bonchev–Trinajstić information content (AvgIpc) is 2.49. The molecule has 0 saturated carbocycles. The van der Waals surface area contributed by atoms with Crippen LogP contribution in [-0.4, -0.2) is 18.0 Å². The van der Waals surface area contributed by atoms with Gasteiger partial charge in [0, 0.05) is 24.6 Å². The molecule has 0 bridgehead atoms. The summed E-state index contributed by atoms with van der Waals surface area (Å²) in [5.74, 6) is 0.161. The van der Waals surface area contributed by atoms with Crippen LogP contribution in [0.4, 0.5) is 5.69 Å². The number of aromatic amines is 1. The van der Waals surface area contributed by atoms with E-state index in [9.17, 15) is 9.59 Å². The lowest BCUT2D eigenvalue weighted by Crippen LogP contribution is -2.11. The van der Waals surface area contributed by atoms with Gasteiger partial charge in [-0.3, -0.25) is 9.59 Å². The van der Waals surface area contributed by atoms with Gasteiger partial charge in [0.15, 0.2) is 0 Å². The zero-order valence-electron chi connectivity index (χ0n) is 12.4. The number of nitriles is 1. The zero-order chi connectivity index (χ0) is 16.0. The molecule has 2 aromatic rings. The van der Waals surface area contributed by atoms with Gasteiger partial charge in [0.2, 0.25) is 11.3 Å². The molecule has 0 unspecified atom stereocenters. The van der Waals surface area contributed by atoms with Gasteiger partial charge in [0.05, 0.1) is 18.3 Å². The number of carbonyl (C=O) groups is 1. The fraction of sp³-hybridized carbons (Fsp3) is 0.267. The number of pyridine rings is 1. The van der Waals surface area contributed by atoms with Gasteiger partial charge in [-0.1, -0.05) is 13.8 Å². The van der Waals surface area contributed by atoms with E-state index in [1.165, 1.54) is 26.3 Å². The monoisotopic (exact) mass is 287 g/mol. The number of aromatic nitrogens is 1. The maximum Gasteiger partial charge on any atom is 0.221 e. The highest BCUT2D eigenvalue weighted by molar-refractivity contribution is 5.95. The summed E-state index contributed by atoms with van der Waals surface area (Å²) >= 11 is 0. The van der Waals surface area contributed by atoms with Crippen LogP contribution in [0.25, 0.3) is 10.9 Å². The normalized spacial score (nSPS) is 9.29. The largest absolute Gasteiger partial charge is 0.494 e. The highest BCUT2D eigenvalue weighted by Crippen LogP contribution is 2.28. The predicted molar refractivity (Wildman–Crippen MR) is 81.5 cm³/mol. The Labute approximate surface area is 122 Å². The van der Waals surface area contributed by atoms with Crippen molar-refractivity contribution in [1.29, 1.82) is 5.26 Å². The van der Waals surface area contributed by atoms with Crippen molar-refractivity contribution in [1.82, 2.24) is 4.98 Å². The lowest BCUT2D eigenvalue weighted by atomic mass is 10.1. The van der Waals surface area contributed by atoms with E-state index >= 15 is 0 Å². The zero-order valence-corrected chi connectivity index (χ0v) is 12.4. The number of fused-ring (bicyclic) bond motifs is 1. The van der Waals surface area contributed by atoms with Crippen molar-refractivity contribution < 1.29 is 9.53 Å². The Hall–Kier alpha value is -2.81. The fourth-order valence-electron chi connectivity index (χ4n) is 1.79.